The van der Waals surface area contributed by atoms with Gasteiger partial charge in [0.1, 0.15) is 5.82 Å². The highest BCUT2D eigenvalue weighted by Crippen LogP contribution is 2.36. The molecule has 3 aliphatic rings. The number of pyridine rings is 1. The van der Waals surface area contributed by atoms with Crippen molar-refractivity contribution in [1.82, 2.24) is 4.98 Å². The summed E-state index contributed by atoms with van der Waals surface area (Å²) in [5, 5.41) is 2.58. The van der Waals surface area contributed by atoms with Gasteiger partial charge in [0.2, 0.25) is 0 Å². The van der Waals surface area contributed by atoms with Crippen LogP contribution in [0.25, 0.3) is 0 Å². The summed E-state index contributed by atoms with van der Waals surface area (Å²) in [7, 11) is 0. The van der Waals surface area contributed by atoms with E-state index in [4.69, 9.17) is 4.74 Å². The minimum Gasteiger partial charge on any atom is -0.480 e. The summed E-state index contributed by atoms with van der Waals surface area (Å²) in [6, 6.07) is 3.17. The Morgan fingerprint density at radius 2 is 1.73 bits per heavy atom. The topological polar surface area (TPSA) is 88.6 Å². The fourth-order valence-corrected chi connectivity index (χ4v) is 3.03. The van der Waals surface area contributed by atoms with Crippen molar-refractivity contribution in [1.29, 1.82) is 0 Å². The van der Waals surface area contributed by atoms with E-state index in [0.29, 0.717) is 29.7 Å². The molecular weight excluding hydrogens is 286 g/mol. The summed E-state index contributed by atoms with van der Waals surface area (Å²) in [5.41, 5.74) is 1.21. The Morgan fingerprint density at radius 3 is 2.41 bits per heavy atom. The van der Waals surface area contributed by atoms with Crippen LogP contribution in [0.15, 0.2) is 23.3 Å². The van der Waals surface area contributed by atoms with E-state index in [1.165, 1.54) is 0 Å². The average Bonchev–Trinajstić information content (AvgIpc) is 2.79. The standard InChI is InChI=1S/C15H13N3O4/c19-12-7-22-10-5-6-11(16-13(10)17-12)18-14(20)8-3-1-2-4-9(8)15(18)21/h5-6H,1-4,7H2,(H,16,17,19). The fourth-order valence-electron chi connectivity index (χ4n) is 3.03. The lowest BCUT2D eigenvalue weighted by Crippen LogP contribution is -2.33. The number of rotatable bonds is 1. The van der Waals surface area contributed by atoms with Crippen LogP contribution in [-0.4, -0.2) is 29.3 Å². The van der Waals surface area contributed by atoms with E-state index in [1.54, 1.807) is 12.1 Å². The molecule has 1 aliphatic carbocycles. The molecule has 1 aromatic rings. The van der Waals surface area contributed by atoms with E-state index in [-0.39, 0.29) is 36.0 Å². The number of hydrogen-bond acceptors (Lipinski definition) is 5. The van der Waals surface area contributed by atoms with Gasteiger partial charge in [-0.3, -0.25) is 14.4 Å². The van der Waals surface area contributed by atoms with Gasteiger partial charge >= 0.3 is 0 Å². The molecule has 0 spiro atoms. The molecule has 2 aliphatic heterocycles. The Bertz CT molecular complexity index is 725. The number of aromatic nitrogens is 1. The van der Waals surface area contributed by atoms with Gasteiger partial charge in [0, 0.05) is 11.1 Å². The van der Waals surface area contributed by atoms with Crippen LogP contribution in [-0.2, 0) is 14.4 Å². The van der Waals surface area contributed by atoms with Crippen LogP contribution in [0.4, 0.5) is 11.6 Å². The molecule has 3 amide bonds. The second-order valence-electron chi connectivity index (χ2n) is 5.46. The van der Waals surface area contributed by atoms with Crippen molar-refractivity contribution in [2.24, 2.45) is 0 Å². The smallest absolute Gasteiger partial charge is 0.263 e. The summed E-state index contributed by atoms with van der Waals surface area (Å²) in [6.07, 6.45) is 3.13. The van der Waals surface area contributed by atoms with Crippen LogP contribution < -0.4 is 15.0 Å². The maximum absolute atomic E-state index is 12.5. The van der Waals surface area contributed by atoms with Crippen LogP contribution >= 0.6 is 0 Å². The highest BCUT2D eigenvalue weighted by Gasteiger charge is 2.40. The van der Waals surface area contributed by atoms with Gasteiger partial charge in [-0.2, -0.15) is 0 Å². The molecule has 0 aromatic carbocycles. The van der Waals surface area contributed by atoms with Gasteiger partial charge in [0.05, 0.1) is 0 Å². The van der Waals surface area contributed by atoms with Crippen molar-refractivity contribution in [3.05, 3.63) is 23.3 Å². The third kappa shape index (κ3) is 1.82. The number of nitrogens with zero attached hydrogens (tertiary/aromatic N) is 2. The number of fused-ring (bicyclic) bond motifs is 1. The second kappa shape index (κ2) is 4.66. The molecule has 112 valence electrons. The first-order valence-electron chi connectivity index (χ1n) is 7.19. The Morgan fingerprint density at radius 1 is 1.05 bits per heavy atom. The largest absolute Gasteiger partial charge is 0.480 e. The summed E-state index contributed by atoms with van der Waals surface area (Å²) >= 11 is 0. The van der Waals surface area contributed by atoms with Gasteiger partial charge in [-0.05, 0) is 37.8 Å². The van der Waals surface area contributed by atoms with Crippen LogP contribution in [0.5, 0.6) is 5.75 Å². The maximum atomic E-state index is 12.5. The molecule has 0 unspecified atom stereocenters. The average molecular weight is 299 g/mol. The maximum Gasteiger partial charge on any atom is 0.263 e. The van der Waals surface area contributed by atoms with Crippen LogP contribution in [0.3, 0.4) is 0 Å². The third-order valence-electron chi connectivity index (χ3n) is 4.08. The number of carbonyl (C=O) groups excluding carboxylic acids is 3. The number of carbonyl (C=O) groups is 3. The Hall–Kier alpha value is -2.70. The van der Waals surface area contributed by atoms with Gasteiger partial charge in [0.15, 0.2) is 18.2 Å². The summed E-state index contributed by atoms with van der Waals surface area (Å²) < 4.78 is 5.23. The van der Waals surface area contributed by atoms with Crippen LogP contribution in [0, 0.1) is 0 Å². The zero-order chi connectivity index (χ0) is 15.3. The summed E-state index contributed by atoms with van der Waals surface area (Å²) in [4.78, 5) is 41.6. The van der Waals surface area contributed by atoms with Gasteiger partial charge < -0.3 is 10.1 Å². The van der Waals surface area contributed by atoms with E-state index in [0.717, 1.165) is 17.7 Å². The van der Waals surface area contributed by atoms with Crippen molar-refractivity contribution >= 4 is 29.4 Å². The lowest BCUT2D eigenvalue weighted by Gasteiger charge is -2.20. The minimum atomic E-state index is -0.311. The lowest BCUT2D eigenvalue weighted by atomic mass is 9.93. The molecule has 3 heterocycles. The molecule has 0 radical (unpaired) electrons. The molecule has 0 bridgehead atoms. The highest BCUT2D eigenvalue weighted by atomic mass is 16.5. The molecule has 0 atom stereocenters. The Kier molecular flexibility index (Phi) is 2.75. The molecule has 0 fully saturated rings. The quantitative estimate of drug-likeness (QED) is 0.786. The van der Waals surface area contributed by atoms with Gasteiger partial charge in [0.25, 0.3) is 17.7 Å². The monoisotopic (exact) mass is 299 g/mol. The van der Waals surface area contributed by atoms with Crippen molar-refractivity contribution < 1.29 is 19.1 Å². The first-order valence-corrected chi connectivity index (χ1v) is 7.19. The summed E-state index contributed by atoms with van der Waals surface area (Å²) in [6.45, 7) is -0.0640. The highest BCUT2D eigenvalue weighted by molar-refractivity contribution is 6.32. The number of hydrogen-bond donors (Lipinski definition) is 1. The molecule has 1 N–H and O–H groups in total. The predicted molar refractivity (Wildman–Crippen MR) is 76.3 cm³/mol. The van der Waals surface area contributed by atoms with E-state index < -0.39 is 0 Å². The SMILES string of the molecule is O=C1COc2ccc(N3C(=O)C4=C(CCCC4)C3=O)nc2N1. The van der Waals surface area contributed by atoms with Gasteiger partial charge in [-0.15, -0.1) is 0 Å². The minimum absolute atomic E-state index is 0.0640. The zero-order valence-corrected chi connectivity index (χ0v) is 11.7. The summed E-state index contributed by atoms with van der Waals surface area (Å²) in [5.74, 6) is -0.0209. The molecule has 22 heavy (non-hydrogen) atoms. The number of amides is 3. The van der Waals surface area contributed by atoms with E-state index >= 15 is 0 Å². The normalized spacial score (nSPS) is 20.5. The van der Waals surface area contributed by atoms with Gasteiger partial charge in [-0.1, -0.05) is 0 Å². The Labute approximate surface area is 126 Å². The van der Waals surface area contributed by atoms with E-state index in [1.807, 2.05) is 0 Å². The molecule has 7 nitrogen and oxygen atoms in total. The first kappa shape index (κ1) is 13.0. The molecular formula is C15H13N3O4. The Balaban J connectivity index is 1.71. The number of nitrogens with one attached hydrogen (secondary N) is 1. The van der Waals surface area contributed by atoms with E-state index in [2.05, 4.69) is 10.3 Å². The zero-order valence-electron chi connectivity index (χ0n) is 11.7. The van der Waals surface area contributed by atoms with Crippen molar-refractivity contribution in [2.45, 2.75) is 25.7 Å². The van der Waals surface area contributed by atoms with Gasteiger partial charge in [-0.25, -0.2) is 9.88 Å². The molecule has 7 heteroatoms. The lowest BCUT2D eigenvalue weighted by molar-refractivity contribution is -0.121. The van der Waals surface area contributed by atoms with Crippen molar-refractivity contribution in [2.75, 3.05) is 16.8 Å². The van der Waals surface area contributed by atoms with E-state index in [9.17, 15) is 14.4 Å². The second-order valence-corrected chi connectivity index (χ2v) is 5.46. The molecule has 0 saturated carbocycles. The number of anilines is 2. The number of ether oxygens (including phenoxy) is 1. The number of imide groups is 1. The van der Waals surface area contributed by atoms with Crippen LogP contribution in [0.2, 0.25) is 0 Å². The molecule has 1 aromatic heterocycles. The molecule has 0 saturated heterocycles. The predicted octanol–water partition coefficient (Wildman–Crippen LogP) is 1.16. The fraction of sp³-hybridized carbons (Fsp3) is 0.333. The third-order valence-corrected chi connectivity index (χ3v) is 4.08. The molecule has 4 rings (SSSR count). The first-order chi connectivity index (χ1) is 10.6. The van der Waals surface area contributed by atoms with Crippen LogP contribution in [0.1, 0.15) is 25.7 Å². The van der Waals surface area contributed by atoms with Crippen molar-refractivity contribution in [3.8, 4) is 5.75 Å². The van der Waals surface area contributed by atoms with Crippen molar-refractivity contribution in [3.63, 3.8) is 0 Å².